The average molecular weight is 297 g/mol. The molecule has 122 valence electrons. The summed E-state index contributed by atoms with van der Waals surface area (Å²) in [7, 11) is 2.10. The molecule has 3 fully saturated rings. The highest BCUT2D eigenvalue weighted by Crippen LogP contribution is 2.42. The molecule has 3 heterocycles. The normalized spacial score (nSPS) is 38.3. The summed E-state index contributed by atoms with van der Waals surface area (Å²) in [6.45, 7) is 5.81. The fourth-order valence-electron chi connectivity index (χ4n) is 4.68. The van der Waals surface area contributed by atoms with E-state index in [0.717, 1.165) is 52.1 Å². The first-order valence-electron chi connectivity index (χ1n) is 8.70. The van der Waals surface area contributed by atoms with Crippen molar-refractivity contribution in [3.63, 3.8) is 0 Å². The van der Waals surface area contributed by atoms with Crippen molar-refractivity contribution < 1.29 is 14.2 Å². The Morgan fingerprint density at radius 3 is 2.48 bits per heavy atom. The molecule has 3 rings (SSSR count). The molecule has 3 aliphatic rings. The predicted octanol–water partition coefficient (Wildman–Crippen LogP) is 2.51. The molecule has 1 N–H and O–H groups in total. The lowest BCUT2D eigenvalue weighted by Gasteiger charge is -2.50. The summed E-state index contributed by atoms with van der Waals surface area (Å²) >= 11 is 0. The van der Waals surface area contributed by atoms with Gasteiger partial charge in [0.2, 0.25) is 0 Å². The minimum absolute atomic E-state index is 0.0125. The molecule has 1 spiro atoms. The SMILES string of the molecule is CNC(C1CCOC2(CCOCC2)C1)C1(C)CCCCO1. The molecule has 0 aliphatic carbocycles. The van der Waals surface area contributed by atoms with Gasteiger partial charge in [-0.2, -0.15) is 0 Å². The van der Waals surface area contributed by atoms with Gasteiger partial charge >= 0.3 is 0 Å². The molecule has 4 nitrogen and oxygen atoms in total. The summed E-state index contributed by atoms with van der Waals surface area (Å²) < 4.78 is 18.0. The van der Waals surface area contributed by atoms with Gasteiger partial charge in [0.15, 0.2) is 0 Å². The number of hydrogen-bond donors (Lipinski definition) is 1. The van der Waals surface area contributed by atoms with E-state index >= 15 is 0 Å². The third kappa shape index (κ3) is 3.29. The van der Waals surface area contributed by atoms with Crippen molar-refractivity contribution in [2.45, 2.75) is 69.1 Å². The van der Waals surface area contributed by atoms with Gasteiger partial charge in [0, 0.05) is 32.5 Å². The summed E-state index contributed by atoms with van der Waals surface area (Å²) in [5.74, 6) is 0.643. The van der Waals surface area contributed by atoms with Crippen LogP contribution in [0.25, 0.3) is 0 Å². The van der Waals surface area contributed by atoms with Crippen LogP contribution in [0.15, 0.2) is 0 Å². The fourth-order valence-corrected chi connectivity index (χ4v) is 4.68. The first-order chi connectivity index (χ1) is 10.2. The number of nitrogens with one attached hydrogen (secondary N) is 1. The Labute approximate surface area is 128 Å². The first kappa shape index (κ1) is 15.7. The maximum atomic E-state index is 6.22. The molecule has 0 bridgehead atoms. The molecule has 3 unspecified atom stereocenters. The third-order valence-electron chi connectivity index (χ3n) is 5.87. The second-order valence-electron chi connectivity index (χ2n) is 7.28. The van der Waals surface area contributed by atoms with Crippen molar-refractivity contribution in [1.29, 1.82) is 0 Å². The molecule has 0 radical (unpaired) electrons. The number of rotatable bonds is 3. The van der Waals surface area contributed by atoms with Crippen LogP contribution in [0.3, 0.4) is 0 Å². The molecule has 0 aromatic heterocycles. The molecule has 3 atom stereocenters. The van der Waals surface area contributed by atoms with Crippen molar-refractivity contribution in [2.24, 2.45) is 5.92 Å². The summed E-state index contributed by atoms with van der Waals surface area (Å²) in [6, 6.07) is 0.432. The zero-order valence-corrected chi connectivity index (χ0v) is 13.7. The second kappa shape index (κ2) is 6.53. The number of hydrogen-bond acceptors (Lipinski definition) is 4. The smallest absolute Gasteiger partial charge is 0.0809 e. The van der Waals surface area contributed by atoms with Crippen molar-refractivity contribution >= 4 is 0 Å². The Bertz CT molecular complexity index is 329. The third-order valence-corrected chi connectivity index (χ3v) is 5.87. The minimum atomic E-state index is -0.0125. The summed E-state index contributed by atoms with van der Waals surface area (Å²) in [6.07, 6.45) is 8.08. The molecule has 21 heavy (non-hydrogen) atoms. The molecule has 0 aromatic carbocycles. The van der Waals surface area contributed by atoms with Crippen LogP contribution in [-0.4, -0.2) is 50.7 Å². The van der Waals surface area contributed by atoms with Gasteiger partial charge in [-0.15, -0.1) is 0 Å². The Morgan fingerprint density at radius 1 is 1.00 bits per heavy atom. The molecular weight excluding hydrogens is 266 g/mol. The highest BCUT2D eigenvalue weighted by atomic mass is 16.5. The van der Waals surface area contributed by atoms with Crippen LogP contribution in [0.5, 0.6) is 0 Å². The van der Waals surface area contributed by atoms with E-state index in [1.807, 2.05) is 0 Å². The van der Waals surface area contributed by atoms with Gasteiger partial charge in [-0.1, -0.05) is 0 Å². The van der Waals surface area contributed by atoms with E-state index in [4.69, 9.17) is 14.2 Å². The molecular formula is C17H31NO3. The summed E-state index contributed by atoms with van der Waals surface area (Å²) in [5.41, 5.74) is 0.0582. The molecule has 0 amide bonds. The second-order valence-corrected chi connectivity index (χ2v) is 7.28. The van der Waals surface area contributed by atoms with Crippen LogP contribution in [0.1, 0.15) is 51.9 Å². The van der Waals surface area contributed by atoms with Crippen molar-refractivity contribution in [1.82, 2.24) is 5.32 Å². The van der Waals surface area contributed by atoms with Crippen LogP contribution >= 0.6 is 0 Å². The van der Waals surface area contributed by atoms with Gasteiger partial charge in [0.1, 0.15) is 0 Å². The predicted molar refractivity (Wildman–Crippen MR) is 82.5 cm³/mol. The van der Waals surface area contributed by atoms with E-state index in [9.17, 15) is 0 Å². The van der Waals surface area contributed by atoms with E-state index in [0.29, 0.717) is 12.0 Å². The van der Waals surface area contributed by atoms with Gasteiger partial charge in [-0.3, -0.25) is 0 Å². The lowest BCUT2D eigenvalue weighted by atomic mass is 9.72. The Balaban J connectivity index is 1.71. The van der Waals surface area contributed by atoms with Gasteiger partial charge in [-0.05, 0) is 64.8 Å². The van der Waals surface area contributed by atoms with Crippen molar-refractivity contribution in [2.75, 3.05) is 33.5 Å². The Hall–Kier alpha value is -0.160. The maximum Gasteiger partial charge on any atom is 0.0809 e. The number of likely N-dealkylation sites (N-methyl/N-ethyl adjacent to an activating group) is 1. The van der Waals surface area contributed by atoms with Crippen LogP contribution in [0.4, 0.5) is 0 Å². The highest BCUT2D eigenvalue weighted by Gasteiger charge is 2.46. The number of ether oxygens (including phenoxy) is 3. The van der Waals surface area contributed by atoms with E-state index in [1.54, 1.807) is 0 Å². The largest absolute Gasteiger partial charge is 0.381 e. The lowest BCUT2D eigenvalue weighted by molar-refractivity contribution is -0.167. The first-order valence-corrected chi connectivity index (χ1v) is 8.70. The monoisotopic (exact) mass is 297 g/mol. The molecule has 3 aliphatic heterocycles. The van der Waals surface area contributed by atoms with Crippen LogP contribution in [0.2, 0.25) is 0 Å². The van der Waals surface area contributed by atoms with Gasteiger partial charge in [0.25, 0.3) is 0 Å². The molecule has 0 saturated carbocycles. The zero-order chi connectivity index (χ0) is 14.8. The van der Waals surface area contributed by atoms with Crippen LogP contribution in [-0.2, 0) is 14.2 Å². The molecule has 4 heteroatoms. The Morgan fingerprint density at radius 2 is 1.81 bits per heavy atom. The standard InChI is InChI=1S/C17H31NO3/c1-16(6-3-4-9-20-16)15(18-2)14-5-10-21-17(13-14)7-11-19-12-8-17/h14-15,18H,3-13H2,1-2H3. The quantitative estimate of drug-likeness (QED) is 0.869. The maximum absolute atomic E-state index is 6.22. The average Bonchev–Trinajstić information content (AvgIpc) is 2.49. The summed E-state index contributed by atoms with van der Waals surface area (Å²) in [5, 5.41) is 3.59. The Kier molecular flexibility index (Phi) is 4.89. The van der Waals surface area contributed by atoms with E-state index in [2.05, 4.69) is 19.3 Å². The van der Waals surface area contributed by atoms with Crippen LogP contribution < -0.4 is 5.32 Å². The molecule has 0 aromatic rings. The van der Waals surface area contributed by atoms with Crippen LogP contribution in [0, 0.1) is 5.92 Å². The van der Waals surface area contributed by atoms with Gasteiger partial charge < -0.3 is 19.5 Å². The highest BCUT2D eigenvalue weighted by molar-refractivity contribution is 5.00. The van der Waals surface area contributed by atoms with E-state index < -0.39 is 0 Å². The zero-order valence-electron chi connectivity index (χ0n) is 13.7. The van der Waals surface area contributed by atoms with Gasteiger partial charge in [0.05, 0.1) is 11.2 Å². The van der Waals surface area contributed by atoms with E-state index in [1.165, 1.54) is 19.3 Å². The topological polar surface area (TPSA) is 39.7 Å². The lowest BCUT2D eigenvalue weighted by Crippen LogP contribution is -2.58. The van der Waals surface area contributed by atoms with Crippen molar-refractivity contribution in [3.8, 4) is 0 Å². The van der Waals surface area contributed by atoms with Gasteiger partial charge in [-0.25, -0.2) is 0 Å². The van der Waals surface area contributed by atoms with Crippen molar-refractivity contribution in [3.05, 3.63) is 0 Å². The van der Waals surface area contributed by atoms with E-state index in [-0.39, 0.29) is 11.2 Å². The fraction of sp³-hybridized carbons (Fsp3) is 1.00. The molecule has 3 saturated heterocycles. The minimum Gasteiger partial charge on any atom is -0.381 e. The summed E-state index contributed by atoms with van der Waals surface area (Å²) in [4.78, 5) is 0.